The van der Waals surface area contributed by atoms with Crippen LogP contribution in [0, 0.1) is 6.92 Å². The van der Waals surface area contributed by atoms with Gasteiger partial charge in [0.05, 0.1) is 32.3 Å². The molecule has 1 aromatic heterocycles. The smallest absolute Gasteiger partial charge is 0.237 e. The minimum absolute atomic E-state index is 0.00528. The van der Waals surface area contributed by atoms with Gasteiger partial charge in [-0.15, -0.1) is 0 Å². The van der Waals surface area contributed by atoms with Gasteiger partial charge in [0.1, 0.15) is 11.5 Å². The van der Waals surface area contributed by atoms with E-state index in [1.165, 1.54) is 0 Å². The SMILES string of the molecule is CCNC(=O)[C@@H]1C[C@H](NC(=O)CN2CCOCC2)CN1Cc1ccc(C)o1. The summed E-state index contributed by atoms with van der Waals surface area (Å²) >= 11 is 0. The first-order valence-corrected chi connectivity index (χ1v) is 9.71. The summed E-state index contributed by atoms with van der Waals surface area (Å²) in [5.41, 5.74) is 0. The molecule has 0 aliphatic carbocycles. The van der Waals surface area contributed by atoms with E-state index in [1.807, 2.05) is 26.0 Å². The number of hydrogen-bond acceptors (Lipinski definition) is 6. The lowest BCUT2D eigenvalue weighted by Crippen LogP contribution is -2.46. The van der Waals surface area contributed by atoms with Crippen molar-refractivity contribution in [2.75, 3.05) is 45.9 Å². The van der Waals surface area contributed by atoms with E-state index in [1.54, 1.807) is 0 Å². The van der Waals surface area contributed by atoms with Gasteiger partial charge in [-0.25, -0.2) is 0 Å². The van der Waals surface area contributed by atoms with Crippen molar-refractivity contribution in [2.24, 2.45) is 0 Å². The molecule has 8 nitrogen and oxygen atoms in total. The van der Waals surface area contributed by atoms with E-state index < -0.39 is 0 Å². The van der Waals surface area contributed by atoms with Gasteiger partial charge in [-0.1, -0.05) is 0 Å². The molecule has 2 aliphatic rings. The van der Waals surface area contributed by atoms with Crippen molar-refractivity contribution in [1.29, 1.82) is 0 Å². The van der Waals surface area contributed by atoms with Crippen LogP contribution < -0.4 is 10.6 Å². The summed E-state index contributed by atoms with van der Waals surface area (Å²) in [7, 11) is 0. The van der Waals surface area contributed by atoms with Crippen LogP contribution in [0.3, 0.4) is 0 Å². The fraction of sp³-hybridized carbons (Fsp3) is 0.684. The molecule has 1 aromatic rings. The zero-order chi connectivity index (χ0) is 19.2. The van der Waals surface area contributed by atoms with E-state index in [0.717, 1.165) is 24.6 Å². The van der Waals surface area contributed by atoms with Gasteiger partial charge in [0.25, 0.3) is 0 Å². The van der Waals surface area contributed by atoms with Crippen molar-refractivity contribution < 1.29 is 18.7 Å². The van der Waals surface area contributed by atoms with Gasteiger partial charge in [-0.2, -0.15) is 0 Å². The third kappa shape index (κ3) is 5.54. The van der Waals surface area contributed by atoms with Crippen LogP contribution in [-0.4, -0.2) is 79.6 Å². The normalized spacial score (nSPS) is 24.1. The second-order valence-electron chi connectivity index (χ2n) is 7.24. The quantitative estimate of drug-likeness (QED) is 0.701. The monoisotopic (exact) mass is 378 g/mol. The lowest BCUT2D eigenvalue weighted by atomic mass is 10.1. The Morgan fingerprint density at radius 2 is 2.04 bits per heavy atom. The van der Waals surface area contributed by atoms with Crippen LogP contribution in [0.2, 0.25) is 0 Å². The number of nitrogens with one attached hydrogen (secondary N) is 2. The standard InChI is InChI=1S/C19H30N4O4/c1-3-20-19(25)17-10-15(11-23(17)12-16-5-4-14(2)27-16)21-18(24)13-22-6-8-26-9-7-22/h4-5,15,17H,3,6-13H2,1-2H3,(H,20,25)(H,21,24)/t15-,17-/m0/s1. The summed E-state index contributed by atoms with van der Waals surface area (Å²) < 4.78 is 11.0. The van der Waals surface area contributed by atoms with E-state index >= 15 is 0 Å². The molecular weight excluding hydrogens is 348 g/mol. The molecular formula is C19H30N4O4. The van der Waals surface area contributed by atoms with Crippen LogP contribution in [0.25, 0.3) is 0 Å². The van der Waals surface area contributed by atoms with Crippen molar-refractivity contribution in [3.8, 4) is 0 Å². The first-order chi connectivity index (χ1) is 13.0. The molecule has 0 unspecified atom stereocenters. The van der Waals surface area contributed by atoms with E-state index in [4.69, 9.17) is 9.15 Å². The molecule has 2 aliphatic heterocycles. The maximum absolute atomic E-state index is 12.5. The van der Waals surface area contributed by atoms with Crippen LogP contribution in [0.5, 0.6) is 0 Å². The fourth-order valence-corrected chi connectivity index (χ4v) is 3.75. The number of rotatable bonds is 7. The van der Waals surface area contributed by atoms with Gasteiger partial charge in [-0.3, -0.25) is 19.4 Å². The second-order valence-corrected chi connectivity index (χ2v) is 7.24. The Balaban J connectivity index is 1.57. The summed E-state index contributed by atoms with van der Waals surface area (Å²) in [5, 5.41) is 6.00. The highest BCUT2D eigenvalue weighted by atomic mass is 16.5. The molecule has 0 bridgehead atoms. The molecule has 8 heteroatoms. The highest BCUT2D eigenvalue weighted by molar-refractivity contribution is 5.83. The van der Waals surface area contributed by atoms with Crippen LogP contribution >= 0.6 is 0 Å². The number of nitrogens with zero attached hydrogens (tertiary/aromatic N) is 2. The van der Waals surface area contributed by atoms with Crippen LogP contribution in [0.15, 0.2) is 16.5 Å². The number of hydrogen-bond donors (Lipinski definition) is 2. The number of aryl methyl sites for hydroxylation is 1. The number of ether oxygens (including phenoxy) is 1. The number of morpholine rings is 1. The molecule has 0 aromatic carbocycles. The van der Waals surface area contributed by atoms with Gasteiger partial charge < -0.3 is 19.8 Å². The largest absolute Gasteiger partial charge is 0.465 e. The fourth-order valence-electron chi connectivity index (χ4n) is 3.75. The van der Waals surface area contributed by atoms with Gasteiger partial charge in [0.15, 0.2) is 0 Å². The molecule has 2 fully saturated rings. The first-order valence-electron chi connectivity index (χ1n) is 9.71. The summed E-state index contributed by atoms with van der Waals surface area (Å²) in [6.07, 6.45) is 0.611. The number of furan rings is 1. The molecule has 2 saturated heterocycles. The van der Waals surface area contributed by atoms with Crippen LogP contribution in [-0.2, 0) is 20.9 Å². The Morgan fingerprint density at radius 3 is 2.70 bits per heavy atom. The van der Waals surface area contributed by atoms with Crippen molar-refractivity contribution in [2.45, 2.75) is 38.9 Å². The Labute approximate surface area is 160 Å². The van der Waals surface area contributed by atoms with Crippen LogP contribution in [0.1, 0.15) is 24.9 Å². The summed E-state index contributed by atoms with van der Waals surface area (Å²) in [4.78, 5) is 29.1. The molecule has 0 radical (unpaired) electrons. The molecule has 27 heavy (non-hydrogen) atoms. The maximum Gasteiger partial charge on any atom is 0.237 e. The average Bonchev–Trinajstić information content (AvgIpc) is 3.22. The molecule has 3 heterocycles. The summed E-state index contributed by atoms with van der Waals surface area (Å²) in [6, 6.07) is 3.56. The number of carbonyl (C=O) groups excluding carboxylic acids is 2. The van der Waals surface area contributed by atoms with Crippen molar-refractivity contribution in [3.63, 3.8) is 0 Å². The molecule has 0 spiro atoms. The van der Waals surface area contributed by atoms with Crippen molar-refractivity contribution in [1.82, 2.24) is 20.4 Å². The summed E-state index contributed by atoms with van der Waals surface area (Å²) in [6.45, 7) is 8.89. The molecule has 2 atom stereocenters. The minimum Gasteiger partial charge on any atom is -0.465 e. The van der Waals surface area contributed by atoms with E-state index in [2.05, 4.69) is 20.4 Å². The second kappa shape index (κ2) is 9.34. The number of likely N-dealkylation sites (N-methyl/N-ethyl adjacent to an activating group) is 1. The zero-order valence-corrected chi connectivity index (χ0v) is 16.2. The number of likely N-dealkylation sites (tertiary alicyclic amines) is 1. The predicted molar refractivity (Wildman–Crippen MR) is 100 cm³/mol. The van der Waals surface area contributed by atoms with Crippen LogP contribution in [0.4, 0.5) is 0 Å². The Bertz CT molecular complexity index is 641. The average molecular weight is 378 g/mol. The van der Waals surface area contributed by atoms with Crippen molar-refractivity contribution >= 4 is 11.8 Å². The Morgan fingerprint density at radius 1 is 1.26 bits per heavy atom. The Kier molecular flexibility index (Phi) is 6.87. The third-order valence-electron chi connectivity index (χ3n) is 5.05. The van der Waals surface area contributed by atoms with Gasteiger partial charge in [0, 0.05) is 32.2 Å². The lowest BCUT2D eigenvalue weighted by molar-refractivity contribution is -0.126. The van der Waals surface area contributed by atoms with E-state index in [0.29, 0.717) is 45.8 Å². The molecule has 2 amide bonds. The minimum atomic E-state index is -0.260. The highest BCUT2D eigenvalue weighted by Gasteiger charge is 2.37. The van der Waals surface area contributed by atoms with Gasteiger partial charge in [0.2, 0.25) is 11.8 Å². The molecule has 3 rings (SSSR count). The molecule has 150 valence electrons. The lowest BCUT2D eigenvalue weighted by Gasteiger charge is -2.26. The summed E-state index contributed by atoms with van der Waals surface area (Å²) in [5.74, 6) is 1.70. The highest BCUT2D eigenvalue weighted by Crippen LogP contribution is 2.22. The third-order valence-corrected chi connectivity index (χ3v) is 5.05. The number of carbonyl (C=O) groups is 2. The molecule has 0 saturated carbocycles. The molecule has 2 N–H and O–H groups in total. The van der Waals surface area contributed by atoms with Crippen molar-refractivity contribution in [3.05, 3.63) is 23.7 Å². The predicted octanol–water partition coefficient (Wildman–Crippen LogP) is 0.115. The maximum atomic E-state index is 12.5. The van der Waals surface area contributed by atoms with Gasteiger partial charge >= 0.3 is 0 Å². The zero-order valence-electron chi connectivity index (χ0n) is 16.2. The van der Waals surface area contributed by atoms with Gasteiger partial charge in [-0.05, 0) is 32.4 Å². The Hall–Kier alpha value is -1.90. The topological polar surface area (TPSA) is 87.0 Å². The van der Waals surface area contributed by atoms with E-state index in [9.17, 15) is 9.59 Å². The van der Waals surface area contributed by atoms with E-state index in [-0.39, 0.29) is 23.9 Å². The first kappa shape index (κ1) is 19.9. The number of amides is 2.